The van der Waals surface area contributed by atoms with Gasteiger partial charge in [-0.1, -0.05) is 6.92 Å². The van der Waals surface area contributed by atoms with Crippen LogP contribution >= 0.6 is 0 Å². The van der Waals surface area contributed by atoms with E-state index >= 15 is 0 Å². The van der Waals surface area contributed by atoms with Gasteiger partial charge in [-0.25, -0.2) is 4.98 Å². The van der Waals surface area contributed by atoms with Crippen molar-refractivity contribution in [1.82, 2.24) is 9.97 Å². The van der Waals surface area contributed by atoms with E-state index in [0.717, 1.165) is 29.6 Å². The van der Waals surface area contributed by atoms with Crippen molar-refractivity contribution in [3.63, 3.8) is 0 Å². The number of aromatic nitrogens is 2. The van der Waals surface area contributed by atoms with Crippen molar-refractivity contribution in [1.29, 1.82) is 0 Å². The van der Waals surface area contributed by atoms with Gasteiger partial charge in [0, 0.05) is 13.6 Å². The average molecular weight is 245 g/mol. The van der Waals surface area contributed by atoms with Gasteiger partial charge in [-0.05, 0) is 43.5 Å². The summed E-state index contributed by atoms with van der Waals surface area (Å²) < 4.78 is 0. The van der Waals surface area contributed by atoms with E-state index in [-0.39, 0.29) is 5.56 Å². The SMILES string of the molecule is CCCN(C)c1nc2cc(C)c(C)cc2c(=O)[nH]1. The molecular weight excluding hydrogens is 226 g/mol. The van der Waals surface area contributed by atoms with Crippen LogP contribution in [0.3, 0.4) is 0 Å². The highest BCUT2D eigenvalue weighted by Gasteiger charge is 2.08. The molecule has 0 saturated heterocycles. The van der Waals surface area contributed by atoms with Crippen LogP contribution in [0.2, 0.25) is 0 Å². The first-order valence-electron chi connectivity index (χ1n) is 6.25. The lowest BCUT2D eigenvalue weighted by atomic mass is 10.1. The van der Waals surface area contributed by atoms with Crippen molar-refractivity contribution in [2.45, 2.75) is 27.2 Å². The van der Waals surface area contributed by atoms with Crippen LogP contribution in [0.1, 0.15) is 24.5 Å². The molecule has 0 saturated carbocycles. The number of benzene rings is 1. The number of aryl methyl sites for hydroxylation is 2. The van der Waals surface area contributed by atoms with Crippen LogP contribution in [0.15, 0.2) is 16.9 Å². The van der Waals surface area contributed by atoms with Crippen LogP contribution in [0, 0.1) is 13.8 Å². The predicted octanol–water partition coefficient (Wildman–Crippen LogP) is 2.39. The molecule has 0 atom stereocenters. The molecule has 4 heteroatoms. The second-order valence-electron chi connectivity index (χ2n) is 4.76. The molecule has 0 amide bonds. The molecule has 0 aliphatic carbocycles. The minimum atomic E-state index is -0.0685. The van der Waals surface area contributed by atoms with Gasteiger partial charge in [0.05, 0.1) is 10.9 Å². The molecule has 0 spiro atoms. The van der Waals surface area contributed by atoms with Crippen LogP contribution in [0.25, 0.3) is 10.9 Å². The van der Waals surface area contributed by atoms with E-state index in [1.807, 2.05) is 37.9 Å². The predicted molar refractivity (Wildman–Crippen MR) is 75.4 cm³/mol. The van der Waals surface area contributed by atoms with Gasteiger partial charge in [-0.15, -0.1) is 0 Å². The Balaban J connectivity index is 2.62. The molecule has 2 aromatic rings. The summed E-state index contributed by atoms with van der Waals surface area (Å²) in [5, 5.41) is 0.659. The zero-order valence-corrected chi connectivity index (χ0v) is 11.4. The molecule has 2 rings (SSSR count). The fraction of sp³-hybridized carbons (Fsp3) is 0.429. The Morgan fingerprint density at radius 3 is 2.61 bits per heavy atom. The Kier molecular flexibility index (Phi) is 3.36. The molecule has 1 aromatic carbocycles. The summed E-state index contributed by atoms with van der Waals surface area (Å²) in [4.78, 5) is 21.4. The number of aromatic amines is 1. The summed E-state index contributed by atoms with van der Waals surface area (Å²) in [6, 6.07) is 3.88. The smallest absolute Gasteiger partial charge is 0.260 e. The Morgan fingerprint density at radius 2 is 1.94 bits per heavy atom. The highest BCUT2D eigenvalue weighted by molar-refractivity contribution is 5.80. The number of hydrogen-bond donors (Lipinski definition) is 1. The van der Waals surface area contributed by atoms with E-state index in [1.54, 1.807) is 0 Å². The highest BCUT2D eigenvalue weighted by atomic mass is 16.1. The minimum absolute atomic E-state index is 0.0685. The maximum Gasteiger partial charge on any atom is 0.260 e. The van der Waals surface area contributed by atoms with Gasteiger partial charge in [0.15, 0.2) is 0 Å². The van der Waals surface area contributed by atoms with Gasteiger partial charge in [0.1, 0.15) is 0 Å². The summed E-state index contributed by atoms with van der Waals surface area (Å²) >= 11 is 0. The molecule has 0 fully saturated rings. The van der Waals surface area contributed by atoms with Crippen molar-refractivity contribution in [2.75, 3.05) is 18.5 Å². The number of H-pyrrole nitrogens is 1. The largest absolute Gasteiger partial charge is 0.345 e. The lowest BCUT2D eigenvalue weighted by Crippen LogP contribution is -2.23. The van der Waals surface area contributed by atoms with Gasteiger partial charge >= 0.3 is 0 Å². The van der Waals surface area contributed by atoms with E-state index in [9.17, 15) is 4.79 Å². The van der Waals surface area contributed by atoms with Gasteiger partial charge in [-0.2, -0.15) is 0 Å². The molecule has 4 nitrogen and oxygen atoms in total. The maximum atomic E-state index is 12.0. The lowest BCUT2D eigenvalue weighted by molar-refractivity contribution is 0.820. The zero-order chi connectivity index (χ0) is 13.3. The topological polar surface area (TPSA) is 49.0 Å². The second kappa shape index (κ2) is 4.80. The van der Waals surface area contributed by atoms with Crippen LogP contribution in [0.5, 0.6) is 0 Å². The highest BCUT2D eigenvalue weighted by Crippen LogP contribution is 2.16. The third-order valence-electron chi connectivity index (χ3n) is 3.23. The van der Waals surface area contributed by atoms with E-state index in [1.165, 1.54) is 0 Å². The Hall–Kier alpha value is -1.84. The number of nitrogens with one attached hydrogen (secondary N) is 1. The van der Waals surface area contributed by atoms with Crippen molar-refractivity contribution < 1.29 is 0 Å². The summed E-state index contributed by atoms with van der Waals surface area (Å²) in [5.74, 6) is 0.637. The molecule has 0 aliphatic heterocycles. The van der Waals surface area contributed by atoms with E-state index in [0.29, 0.717) is 11.3 Å². The summed E-state index contributed by atoms with van der Waals surface area (Å²) in [6.45, 7) is 7.01. The summed E-state index contributed by atoms with van der Waals surface area (Å²) in [6.07, 6.45) is 1.02. The summed E-state index contributed by atoms with van der Waals surface area (Å²) in [7, 11) is 1.94. The summed E-state index contributed by atoms with van der Waals surface area (Å²) in [5.41, 5.74) is 2.97. The molecule has 1 heterocycles. The number of anilines is 1. The van der Waals surface area contributed by atoms with E-state index < -0.39 is 0 Å². The number of hydrogen-bond acceptors (Lipinski definition) is 3. The van der Waals surface area contributed by atoms with Crippen LogP contribution in [0.4, 0.5) is 5.95 Å². The number of nitrogens with zero attached hydrogens (tertiary/aromatic N) is 2. The second-order valence-corrected chi connectivity index (χ2v) is 4.76. The van der Waals surface area contributed by atoms with Crippen molar-refractivity contribution >= 4 is 16.9 Å². The van der Waals surface area contributed by atoms with E-state index in [2.05, 4.69) is 16.9 Å². The van der Waals surface area contributed by atoms with Crippen LogP contribution < -0.4 is 10.5 Å². The minimum Gasteiger partial charge on any atom is -0.345 e. The first-order chi connectivity index (χ1) is 8.52. The molecule has 96 valence electrons. The van der Waals surface area contributed by atoms with Gasteiger partial charge < -0.3 is 4.90 Å². The van der Waals surface area contributed by atoms with Crippen LogP contribution in [-0.2, 0) is 0 Å². The third-order valence-corrected chi connectivity index (χ3v) is 3.23. The van der Waals surface area contributed by atoms with Crippen molar-refractivity contribution in [3.8, 4) is 0 Å². The molecular formula is C14H19N3O. The maximum absolute atomic E-state index is 12.0. The van der Waals surface area contributed by atoms with Crippen molar-refractivity contribution in [3.05, 3.63) is 33.6 Å². The zero-order valence-electron chi connectivity index (χ0n) is 11.4. The molecule has 1 aromatic heterocycles. The quantitative estimate of drug-likeness (QED) is 0.903. The Labute approximate surface area is 107 Å². The number of fused-ring (bicyclic) bond motifs is 1. The molecule has 18 heavy (non-hydrogen) atoms. The Bertz CT molecular complexity index is 631. The van der Waals surface area contributed by atoms with Gasteiger partial charge in [-0.3, -0.25) is 9.78 Å². The molecule has 0 radical (unpaired) electrons. The van der Waals surface area contributed by atoms with Crippen LogP contribution in [-0.4, -0.2) is 23.6 Å². The molecule has 0 unspecified atom stereocenters. The number of rotatable bonds is 3. The fourth-order valence-corrected chi connectivity index (χ4v) is 2.01. The van der Waals surface area contributed by atoms with Gasteiger partial charge in [0.2, 0.25) is 5.95 Å². The molecule has 0 bridgehead atoms. The average Bonchev–Trinajstić information content (AvgIpc) is 2.32. The first kappa shape index (κ1) is 12.6. The molecule has 1 N–H and O–H groups in total. The normalized spacial score (nSPS) is 10.9. The van der Waals surface area contributed by atoms with Crippen molar-refractivity contribution in [2.24, 2.45) is 0 Å². The monoisotopic (exact) mass is 245 g/mol. The third kappa shape index (κ3) is 2.23. The van der Waals surface area contributed by atoms with E-state index in [4.69, 9.17) is 0 Å². The molecule has 0 aliphatic rings. The standard InChI is InChI=1S/C14H19N3O/c1-5-6-17(4)14-15-12-8-10(3)9(2)7-11(12)13(18)16-14/h7-8H,5-6H2,1-4H3,(H,15,16,18). The van der Waals surface area contributed by atoms with Gasteiger partial charge in [0.25, 0.3) is 5.56 Å². The lowest BCUT2D eigenvalue weighted by Gasteiger charge is -2.16. The fourth-order valence-electron chi connectivity index (χ4n) is 2.01. The first-order valence-corrected chi connectivity index (χ1v) is 6.25. The Morgan fingerprint density at radius 1 is 1.28 bits per heavy atom.